The van der Waals surface area contributed by atoms with Crippen molar-refractivity contribution in [2.24, 2.45) is 7.05 Å². The third-order valence-corrected chi connectivity index (χ3v) is 5.61. The molecule has 0 fully saturated rings. The lowest BCUT2D eigenvalue weighted by Crippen LogP contribution is -2.41. The van der Waals surface area contributed by atoms with E-state index in [1.54, 1.807) is 11.4 Å². The van der Waals surface area contributed by atoms with Gasteiger partial charge in [0.05, 0.1) is 11.6 Å². The molecule has 1 aromatic carbocycles. The first-order valence-electron chi connectivity index (χ1n) is 8.10. The summed E-state index contributed by atoms with van der Waals surface area (Å²) in [5, 5.41) is 4.78. The van der Waals surface area contributed by atoms with E-state index in [4.69, 9.17) is 0 Å². The molecule has 0 aliphatic heterocycles. The fraction of sp³-hybridized carbons (Fsp3) is 0.278. The fourth-order valence-electron chi connectivity index (χ4n) is 3.44. The number of thiophene rings is 1. The van der Waals surface area contributed by atoms with Crippen LogP contribution >= 0.6 is 11.3 Å². The van der Waals surface area contributed by atoms with E-state index < -0.39 is 5.69 Å². The van der Waals surface area contributed by atoms with E-state index >= 15 is 0 Å². The molecule has 2 heterocycles. The van der Waals surface area contributed by atoms with Gasteiger partial charge in [0.25, 0.3) is 5.56 Å². The van der Waals surface area contributed by atoms with Crippen LogP contribution in [0.3, 0.4) is 0 Å². The predicted octanol–water partition coefficient (Wildman–Crippen LogP) is 1.57. The third kappa shape index (κ3) is 2.60. The number of nitrogens with one attached hydrogen (secondary N) is 1. The number of hydrogen-bond acceptors (Lipinski definition) is 4. The minimum Gasteiger partial charge on any atom is -0.348 e. The molecule has 1 amide bonds. The first-order chi connectivity index (χ1) is 12.1. The molecule has 1 N–H and O–H groups in total. The number of carbonyl (C=O) groups is 1. The highest BCUT2D eigenvalue weighted by atomic mass is 32.1. The molecule has 4 rings (SSSR count). The zero-order valence-electron chi connectivity index (χ0n) is 13.7. The maximum atomic E-state index is 12.5. The van der Waals surface area contributed by atoms with E-state index in [1.807, 2.05) is 18.2 Å². The van der Waals surface area contributed by atoms with Crippen molar-refractivity contribution in [3.63, 3.8) is 0 Å². The Morgan fingerprint density at radius 1 is 1.28 bits per heavy atom. The largest absolute Gasteiger partial charge is 0.348 e. The Balaban J connectivity index is 1.62. The number of fused-ring (bicyclic) bond motifs is 2. The van der Waals surface area contributed by atoms with E-state index in [-0.39, 0.29) is 24.1 Å². The molecule has 2 aromatic heterocycles. The summed E-state index contributed by atoms with van der Waals surface area (Å²) in [5.41, 5.74) is 2.12. The average Bonchev–Trinajstić information content (AvgIpc) is 3.25. The number of rotatable bonds is 3. The summed E-state index contributed by atoms with van der Waals surface area (Å²) in [6.07, 6.45) is 1.80. The molecule has 0 spiro atoms. The van der Waals surface area contributed by atoms with E-state index in [2.05, 4.69) is 11.4 Å². The molecule has 0 bridgehead atoms. The van der Waals surface area contributed by atoms with Crippen LogP contribution in [0.4, 0.5) is 0 Å². The highest BCUT2D eigenvalue weighted by Crippen LogP contribution is 2.30. The van der Waals surface area contributed by atoms with Crippen LogP contribution in [-0.4, -0.2) is 15.0 Å². The minimum absolute atomic E-state index is 0.0232. The molecule has 3 aromatic rings. The second kappa shape index (κ2) is 6.00. The highest BCUT2D eigenvalue weighted by molar-refractivity contribution is 7.17. The number of benzene rings is 1. The Bertz CT molecular complexity index is 1090. The minimum atomic E-state index is -0.474. The monoisotopic (exact) mass is 355 g/mol. The summed E-state index contributed by atoms with van der Waals surface area (Å²) in [6.45, 7) is -0.0984. The molecule has 6 nitrogen and oxygen atoms in total. The second-order valence-electron chi connectivity index (χ2n) is 6.23. The lowest BCUT2D eigenvalue weighted by molar-refractivity contribution is -0.122. The number of aryl methyl sites for hydroxylation is 1. The van der Waals surface area contributed by atoms with Crippen LogP contribution < -0.4 is 16.6 Å². The molecule has 1 aliphatic carbocycles. The first kappa shape index (κ1) is 15.8. The van der Waals surface area contributed by atoms with Gasteiger partial charge in [-0.1, -0.05) is 24.3 Å². The zero-order valence-corrected chi connectivity index (χ0v) is 14.5. The van der Waals surface area contributed by atoms with Crippen LogP contribution in [0.25, 0.3) is 10.2 Å². The maximum Gasteiger partial charge on any atom is 0.331 e. The van der Waals surface area contributed by atoms with Crippen LogP contribution in [0.15, 0.2) is 45.3 Å². The topological polar surface area (TPSA) is 73.1 Å². The quantitative estimate of drug-likeness (QED) is 0.775. The molecule has 25 heavy (non-hydrogen) atoms. The standard InChI is InChI=1S/C18H17N3O3S/c1-20-17(23)16-14(8-9-25-16)21(18(20)24)10-15(22)19-13-7-6-11-4-2-3-5-12(11)13/h2-5,8-9,13H,6-7,10H2,1H3,(H,19,22)/t13-/m0/s1. The van der Waals surface area contributed by atoms with Crippen molar-refractivity contribution in [3.05, 3.63) is 67.7 Å². The SMILES string of the molecule is Cn1c(=O)c2sccc2n(CC(=O)N[C@H]2CCc3ccccc32)c1=O. The van der Waals surface area contributed by atoms with Crippen LogP contribution in [0.5, 0.6) is 0 Å². The summed E-state index contributed by atoms with van der Waals surface area (Å²) in [7, 11) is 1.44. The van der Waals surface area contributed by atoms with Gasteiger partial charge in [0.2, 0.25) is 5.91 Å². The Morgan fingerprint density at radius 2 is 2.08 bits per heavy atom. The molecule has 128 valence electrons. The van der Waals surface area contributed by atoms with Crippen LogP contribution in [0.1, 0.15) is 23.6 Å². The fourth-order valence-corrected chi connectivity index (χ4v) is 4.31. The van der Waals surface area contributed by atoms with Gasteiger partial charge in [0, 0.05) is 7.05 Å². The van der Waals surface area contributed by atoms with Gasteiger partial charge in [-0.25, -0.2) is 4.79 Å². The maximum absolute atomic E-state index is 12.5. The van der Waals surface area contributed by atoms with Crippen molar-refractivity contribution in [1.82, 2.24) is 14.5 Å². The van der Waals surface area contributed by atoms with Crippen molar-refractivity contribution in [3.8, 4) is 0 Å². The van der Waals surface area contributed by atoms with Gasteiger partial charge in [-0.3, -0.25) is 18.7 Å². The predicted molar refractivity (Wildman–Crippen MR) is 97.0 cm³/mol. The summed E-state index contributed by atoms with van der Waals surface area (Å²) >= 11 is 1.28. The zero-order chi connectivity index (χ0) is 17.6. The smallest absolute Gasteiger partial charge is 0.331 e. The third-order valence-electron chi connectivity index (χ3n) is 4.72. The molecule has 7 heteroatoms. The van der Waals surface area contributed by atoms with Crippen molar-refractivity contribution < 1.29 is 4.79 Å². The number of nitrogens with zero attached hydrogens (tertiary/aromatic N) is 2. The Hall–Kier alpha value is -2.67. The Labute approximate surface area is 147 Å². The van der Waals surface area contributed by atoms with E-state index in [0.29, 0.717) is 10.2 Å². The number of hydrogen-bond donors (Lipinski definition) is 1. The summed E-state index contributed by atoms with van der Waals surface area (Å²) < 4.78 is 2.90. The van der Waals surface area contributed by atoms with Crippen molar-refractivity contribution in [2.45, 2.75) is 25.4 Å². The van der Waals surface area contributed by atoms with Gasteiger partial charge in [0.1, 0.15) is 11.2 Å². The molecule has 0 radical (unpaired) electrons. The Morgan fingerprint density at radius 3 is 2.92 bits per heavy atom. The van der Waals surface area contributed by atoms with Crippen LogP contribution in [0, 0.1) is 0 Å². The van der Waals surface area contributed by atoms with Gasteiger partial charge in [-0.05, 0) is 35.4 Å². The van der Waals surface area contributed by atoms with E-state index in [9.17, 15) is 14.4 Å². The molecule has 0 saturated carbocycles. The average molecular weight is 355 g/mol. The Kier molecular flexibility index (Phi) is 3.80. The first-order valence-corrected chi connectivity index (χ1v) is 8.98. The van der Waals surface area contributed by atoms with E-state index in [1.165, 1.54) is 28.5 Å². The lowest BCUT2D eigenvalue weighted by atomic mass is 10.1. The van der Waals surface area contributed by atoms with Crippen molar-refractivity contribution in [1.29, 1.82) is 0 Å². The van der Waals surface area contributed by atoms with Gasteiger partial charge in [0.15, 0.2) is 0 Å². The van der Waals surface area contributed by atoms with Crippen molar-refractivity contribution >= 4 is 27.5 Å². The number of carbonyl (C=O) groups excluding carboxylic acids is 1. The highest BCUT2D eigenvalue weighted by Gasteiger charge is 2.24. The summed E-state index contributed by atoms with van der Waals surface area (Å²) in [6, 6.07) is 9.76. The molecule has 0 saturated heterocycles. The van der Waals surface area contributed by atoms with E-state index in [0.717, 1.165) is 23.0 Å². The van der Waals surface area contributed by atoms with Crippen LogP contribution in [-0.2, 0) is 24.8 Å². The normalized spacial score (nSPS) is 16.1. The number of aromatic nitrogens is 2. The molecule has 1 aliphatic rings. The molecule has 1 atom stereocenters. The van der Waals surface area contributed by atoms with Gasteiger partial charge in [-0.15, -0.1) is 11.3 Å². The lowest BCUT2D eigenvalue weighted by Gasteiger charge is -2.15. The van der Waals surface area contributed by atoms with Gasteiger partial charge in [-0.2, -0.15) is 0 Å². The molecular formula is C18H17N3O3S. The summed E-state index contributed by atoms with van der Waals surface area (Å²) in [4.78, 5) is 37.1. The summed E-state index contributed by atoms with van der Waals surface area (Å²) in [5.74, 6) is -0.227. The van der Waals surface area contributed by atoms with Gasteiger partial charge < -0.3 is 5.32 Å². The van der Waals surface area contributed by atoms with Crippen LogP contribution in [0.2, 0.25) is 0 Å². The second-order valence-corrected chi connectivity index (χ2v) is 7.14. The number of amides is 1. The molecular weight excluding hydrogens is 338 g/mol. The van der Waals surface area contributed by atoms with Crippen molar-refractivity contribution in [2.75, 3.05) is 0 Å². The molecule has 0 unspecified atom stereocenters. The van der Waals surface area contributed by atoms with Gasteiger partial charge >= 0.3 is 5.69 Å².